The number of nitrogens with one attached hydrogen (secondary N) is 1. The van der Waals surface area contributed by atoms with Crippen LogP contribution in [0.25, 0.3) is 10.2 Å². The third-order valence-corrected chi connectivity index (χ3v) is 12.1. The van der Waals surface area contributed by atoms with Crippen LogP contribution < -0.4 is 5.73 Å². The van der Waals surface area contributed by atoms with Crippen LogP contribution in [0.1, 0.15) is 38.4 Å². The molecule has 0 aliphatic carbocycles. The van der Waals surface area contributed by atoms with E-state index in [-0.39, 0.29) is 18.0 Å². The van der Waals surface area contributed by atoms with Crippen LogP contribution in [-0.2, 0) is 32.6 Å². The monoisotopic (exact) mass is 730 g/mol. The summed E-state index contributed by atoms with van der Waals surface area (Å²) in [7, 11) is -2.98. The molecule has 0 fully saturated rings. The minimum absolute atomic E-state index is 0.0517. The predicted octanol–water partition coefficient (Wildman–Crippen LogP) is 5.26. The highest BCUT2D eigenvalue weighted by Gasteiger charge is 2.36. The highest BCUT2D eigenvalue weighted by atomic mass is 32.2. The van der Waals surface area contributed by atoms with Crippen molar-refractivity contribution in [2.45, 2.75) is 36.0 Å². The topological polar surface area (TPSA) is 172 Å². The maximum atomic E-state index is 14.2. The van der Waals surface area contributed by atoms with E-state index in [0.717, 1.165) is 16.0 Å². The number of nitrogens with two attached hydrogens (primary N) is 1. The minimum atomic E-state index is -4.16. The normalized spacial score (nSPS) is 13.1. The Hall–Kier alpha value is -4.77. The number of fused-ring (bicyclic) bond motifs is 1. The second-order valence-electron chi connectivity index (χ2n) is 11.4. The van der Waals surface area contributed by atoms with Crippen molar-refractivity contribution in [1.29, 1.82) is 0 Å². The summed E-state index contributed by atoms with van der Waals surface area (Å²) in [5.74, 6) is -1.20. The number of aromatic amines is 1. The number of rotatable bonds is 13. The molecule has 0 bridgehead atoms. The summed E-state index contributed by atoms with van der Waals surface area (Å²) in [5.41, 5.74) is 11.2. The molecule has 6 rings (SSSR count). The molecule has 2 atom stereocenters. The first-order valence-corrected chi connectivity index (χ1v) is 18.6. The molecule has 3 aromatic heterocycles. The maximum absolute atomic E-state index is 14.2. The zero-order chi connectivity index (χ0) is 35.3. The van der Waals surface area contributed by atoms with Gasteiger partial charge in [0.2, 0.25) is 15.9 Å². The van der Waals surface area contributed by atoms with Gasteiger partial charge in [-0.3, -0.25) is 9.89 Å². The van der Waals surface area contributed by atoms with Crippen molar-refractivity contribution >= 4 is 54.9 Å². The third kappa shape index (κ3) is 7.38. The molecule has 0 unspecified atom stereocenters. The number of ether oxygens (including phenoxy) is 1. The second-order valence-corrected chi connectivity index (χ2v) is 15.3. The summed E-state index contributed by atoms with van der Waals surface area (Å²) in [4.78, 5) is 33.4. The largest absolute Gasteiger partial charge is 0.452 e. The standard InChI is InChI=1S/C35H34N6O6S3/c1-47-35(44)40(34(43)33(36)32(24-8-4-2-5-9-24)25-10-6-3-7-11-25)20-26-12-15-30(49-26)29(21-42)41(19-23-17-38-39-18-23)50(45,46)27-13-14-28-31(16-27)48-22-37-28/h2-18,22,29,32-33,42H,19-21,36H2,1H3,(H,38,39)/t29-,33-/m0/s1. The van der Waals surface area contributed by atoms with Crippen LogP contribution in [0.15, 0.2) is 114 Å². The van der Waals surface area contributed by atoms with Crippen LogP contribution in [0, 0.1) is 0 Å². The van der Waals surface area contributed by atoms with Crippen LogP contribution in [-0.4, -0.2) is 69.7 Å². The molecule has 3 heterocycles. The van der Waals surface area contributed by atoms with Gasteiger partial charge >= 0.3 is 6.09 Å². The third-order valence-electron chi connectivity index (χ3n) is 8.27. The van der Waals surface area contributed by atoms with Crippen LogP contribution in [0.2, 0.25) is 0 Å². The quantitative estimate of drug-likeness (QED) is 0.143. The van der Waals surface area contributed by atoms with Gasteiger partial charge in [-0.05, 0) is 41.5 Å². The van der Waals surface area contributed by atoms with Crippen molar-refractivity contribution in [2.24, 2.45) is 5.73 Å². The molecule has 4 N–H and O–H groups in total. The Morgan fingerprint density at radius 2 is 1.68 bits per heavy atom. The number of thiazole rings is 1. The number of carbonyl (C=O) groups is 2. The van der Waals surface area contributed by atoms with E-state index in [1.807, 2.05) is 60.7 Å². The Morgan fingerprint density at radius 1 is 0.980 bits per heavy atom. The average Bonchev–Trinajstić information content (AvgIpc) is 3.94. The Kier molecular flexibility index (Phi) is 10.8. The van der Waals surface area contributed by atoms with Crippen LogP contribution in [0.5, 0.6) is 0 Å². The lowest BCUT2D eigenvalue weighted by Gasteiger charge is -2.29. The number of aliphatic hydroxyl groups is 1. The predicted molar refractivity (Wildman–Crippen MR) is 191 cm³/mol. The molecule has 2 amide bonds. The van der Waals surface area contributed by atoms with Gasteiger partial charge in [0, 0.05) is 34.0 Å². The Bertz CT molecular complexity index is 2120. The van der Waals surface area contributed by atoms with Gasteiger partial charge in [-0.15, -0.1) is 22.7 Å². The number of carbonyl (C=O) groups excluding carboxylic acids is 2. The number of H-pyrrole nitrogens is 1. The van der Waals surface area contributed by atoms with Crippen molar-refractivity contribution < 1.29 is 27.9 Å². The van der Waals surface area contributed by atoms with Crippen molar-refractivity contribution in [1.82, 2.24) is 24.4 Å². The fraction of sp³-hybridized carbons (Fsp3) is 0.200. The molecule has 12 nitrogen and oxygen atoms in total. The summed E-state index contributed by atoms with van der Waals surface area (Å²) in [5, 5.41) is 17.4. The van der Waals surface area contributed by atoms with E-state index in [9.17, 15) is 23.1 Å². The van der Waals surface area contributed by atoms with Gasteiger partial charge in [0.15, 0.2) is 0 Å². The first kappa shape index (κ1) is 35.1. The smallest absolute Gasteiger partial charge is 0.416 e. The number of hydrogen-bond acceptors (Lipinski definition) is 11. The van der Waals surface area contributed by atoms with E-state index >= 15 is 0 Å². The molecule has 0 saturated heterocycles. The Morgan fingerprint density at radius 3 is 2.30 bits per heavy atom. The van der Waals surface area contributed by atoms with Gasteiger partial charge in [-0.2, -0.15) is 9.40 Å². The molecule has 0 spiro atoms. The van der Waals surface area contributed by atoms with E-state index in [1.54, 1.807) is 36.0 Å². The number of sulfonamides is 1. The van der Waals surface area contributed by atoms with Gasteiger partial charge in [-0.1, -0.05) is 60.7 Å². The highest BCUT2D eigenvalue weighted by molar-refractivity contribution is 7.89. The SMILES string of the molecule is COC(=O)N(Cc1ccc([C@H](CO)N(Cc2cn[nH]c2)S(=O)(=O)c2ccc3ncsc3c2)s1)C(=O)[C@@H](N)C(c1ccccc1)c1ccccc1. The number of amides is 2. The fourth-order valence-electron chi connectivity index (χ4n) is 5.77. The van der Waals surface area contributed by atoms with Crippen molar-refractivity contribution in [2.75, 3.05) is 13.7 Å². The number of aromatic nitrogens is 3. The van der Waals surface area contributed by atoms with Crippen molar-refractivity contribution in [3.8, 4) is 0 Å². The number of nitrogens with zero attached hydrogens (tertiary/aromatic N) is 4. The summed E-state index contributed by atoms with van der Waals surface area (Å²) in [6, 6.07) is 24.6. The van der Waals surface area contributed by atoms with Crippen molar-refractivity contribution in [3.63, 3.8) is 0 Å². The lowest BCUT2D eigenvalue weighted by Crippen LogP contribution is -2.49. The van der Waals surface area contributed by atoms with Gasteiger partial charge in [0.1, 0.15) is 0 Å². The molecule has 0 saturated carbocycles. The van der Waals surface area contributed by atoms with Gasteiger partial charge in [0.25, 0.3) is 0 Å². The molecule has 0 radical (unpaired) electrons. The number of benzene rings is 3. The molecule has 258 valence electrons. The number of aliphatic hydroxyl groups excluding tert-OH is 1. The fourth-order valence-corrected chi connectivity index (χ4v) is 9.34. The molecule has 0 aliphatic rings. The first-order chi connectivity index (χ1) is 24.2. The molecule has 6 aromatic rings. The van der Waals surface area contributed by atoms with Gasteiger partial charge in [-0.25, -0.2) is 23.1 Å². The molecular formula is C35H34N6O6S3. The molecule has 3 aromatic carbocycles. The second kappa shape index (κ2) is 15.4. The number of thiophene rings is 1. The molecule has 15 heteroatoms. The van der Waals surface area contributed by atoms with E-state index in [2.05, 4.69) is 15.2 Å². The maximum Gasteiger partial charge on any atom is 0.416 e. The zero-order valence-electron chi connectivity index (χ0n) is 26.8. The zero-order valence-corrected chi connectivity index (χ0v) is 29.3. The Balaban J connectivity index is 1.30. The van der Waals surface area contributed by atoms with Crippen LogP contribution in [0.4, 0.5) is 4.79 Å². The lowest BCUT2D eigenvalue weighted by molar-refractivity contribution is -0.131. The number of methoxy groups -OCH3 is 1. The van der Waals surface area contributed by atoms with Crippen LogP contribution >= 0.6 is 22.7 Å². The highest BCUT2D eigenvalue weighted by Crippen LogP contribution is 2.35. The summed E-state index contributed by atoms with van der Waals surface area (Å²) < 4.78 is 35.4. The van der Waals surface area contributed by atoms with Gasteiger partial charge in [0.05, 0.1) is 59.2 Å². The van der Waals surface area contributed by atoms with E-state index in [4.69, 9.17) is 10.5 Å². The molecule has 0 aliphatic heterocycles. The summed E-state index contributed by atoms with van der Waals surface area (Å²) in [6.07, 6.45) is 2.22. The summed E-state index contributed by atoms with van der Waals surface area (Å²) >= 11 is 2.49. The Labute approximate surface area is 296 Å². The number of hydrogen-bond donors (Lipinski definition) is 3. The van der Waals surface area contributed by atoms with E-state index in [0.29, 0.717) is 25.5 Å². The van der Waals surface area contributed by atoms with Crippen LogP contribution in [0.3, 0.4) is 0 Å². The summed E-state index contributed by atoms with van der Waals surface area (Å²) in [6.45, 7) is -0.810. The van der Waals surface area contributed by atoms with Gasteiger partial charge < -0.3 is 15.6 Å². The lowest BCUT2D eigenvalue weighted by atomic mass is 9.85. The average molecular weight is 731 g/mol. The van der Waals surface area contributed by atoms with E-state index < -0.39 is 46.6 Å². The molecule has 50 heavy (non-hydrogen) atoms. The first-order valence-electron chi connectivity index (χ1n) is 15.5. The molecular weight excluding hydrogens is 697 g/mol. The van der Waals surface area contributed by atoms with Crippen molar-refractivity contribution in [3.05, 3.63) is 135 Å². The number of imide groups is 1. The minimum Gasteiger partial charge on any atom is -0.452 e. The van der Waals surface area contributed by atoms with E-state index in [1.165, 1.54) is 46.4 Å².